The van der Waals surface area contributed by atoms with Crippen molar-refractivity contribution in [1.29, 1.82) is 0 Å². The van der Waals surface area contributed by atoms with Gasteiger partial charge in [-0.2, -0.15) is 0 Å². The maximum Gasteiger partial charge on any atom is 0.212 e. The van der Waals surface area contributed by atoms with Crippen LogP contribution in [0.2, 0.25) is 0 Å². The molecule has 4 heteroatoms. The summed E-state index contributed by atoms with van der Waals surface area (Å²) in [6.07, 6.45) is 5.02. The van der Waals surface area contributed by atoms with Crippen LogP contribution in [0.1, 0.15) is 29.5 Å². The van der Waals surface area contributed by atoms with Crippen molar-refractivity contribution >= 4 is 10.9 Å². The number of aromatic amines is 1. The third-order valence-corrected chi connectivity index (χ3v) is 4.46. The fraction of sp³-hybridized carbons (Fsp3) is 0.350. The Hall–Kier alpha value is -2.33. The summed E-state index contributed by atoms with van der Waals surface area (Å²) < 4.78 is 5.17. The van der Waals surface area contributed by atoms with Crippen molar-refractivity contribution in [2.75, 3.05) is 13.7 Å². The van der Waals surface area contributed by atoms with E-state index in [-0.39, 0.29) is 0 Å². The standard InChI is InChI=1S/C20H25N3O/c1-13-10-14(2)19-16(6-4-5-9-21)20(23-17(19)11-13)15-7-8-18(24-3)22-12-15/h7-8,10-12,23H,4-6,9,21H2,1-3H3. The number of H-pyrrole nitrogens is 1. The molecule has 0 bridgehead atoms. The predicted molar refractivity (Wildman–Crippen MR) is 99.5 cm³/mol. The van der Waals surface area contributed by atoms with Gasteiger partial charge in [-0.1, -0.05) is 6.07 Å². The average Bonchev–Trinajstić information content (AvgIpc) is 2.94. The minimum atomic E-state index is 0.631. The Labute approximate surface area is 143 Å². The van der Waals surface area contributed by atoms with Crippen LogP contribution in [-0.2, 0) is 6.42 Å². The molecule has 1 aromatic carbocycles. The Morgan fingerprint density at radius 3 is 2.67 bits per heavy atom. The second-order valence-electron chi connectivity index (χ2n) is 6.32. The number of aryl methyl sites for hydroxylation is 3. The second kappa shape index (κ2) is 7.05. The molecule has 3 N–H and O–H groups in total. The van der Waals surface area contributed by atoms with E-state index in [0.717, 1.165) is 37.1 Å². The van der Waals surface area contributed by atoms with E-state index in [9.17, 15) is 0 Å². The molecule has 0 aliphatic carbocycles. The number of rotatable bonds is 6. The molecule has 24 heavy (non-hydrogen) atoms. The molecular weight excluding hydrogens is 298 g/mol. The molecule has 0 spiro atoms. The van der Waals surface area contributed by atoms with E-state index in [1.54, 1.807) is 7.11 Å². The van der Waals surface area contributed by atoms with Gasteiger partial charge in [0, 0.05) is 28.7 Å². The fourth-order valence-corrected chi connectivity index (χ4v) is 3.39. The van der Waals surface area contributed by atoms with Crippen LogP contribution in [0.25, 0.3) is 22.2 Å². The Bertz CT molecular complexity index is 834. The van der Waals surface area contributed by atoms with E-state index >= 15 is 0 Å². The van der Waals surface area contributed by atoms with E-state index < -0.39 is 0 Å². The van der Waals surface area contributed by atoms with Gasteiger partial charge in [-0.3, -0.25) is 0 Å². The van der Waals surface area contributed by atoms with Crippen LogP contribution in [0.4, 0.5) is 0 Å². The maximum atomic E-state index is 5.68. The molecule has 0 radical (unpaired) electrons. The summed E-state index contributed by atoms with van der Waals surface area (Å²) in [7, 11) is 1.63. The van der Waals surface area contributed by atoms with Crippen LogP contribution < -0.4 is 10.5 Å². The Kier molecular flexibility index (Phi) is 4.86. The van der Waals surface area contributed by atoms with Gasteiger partial charge in [-0.05, 0) is 68.5 Å². The lowest BCUT2D eigenvalue weighted by Crippen LogP contribution is -1.99. The highest BCUT2D eigenvalue weighted by Crippen LogP contribution is 2.34. The lowest BCUT2D eigenvalue weighted by molar-refractivity contribution is 0.398. The Balaban J connectivity index is 2.13. The number of hydrogen-bond acceptors (Lipinski definition) is 3. The number of benzene rings is 1. The SMILES string of the molecule is COc1ccc(-c2[nH]c3cc(C)cc(C)c3c2CCCCN)cn1. The molecule has 0 saturated carbocycles. The molecule has 4 nitrogen and oxygen atoms in total. The molecule has 0 atom stereocenters. The van der Waals surface area contributed by atoms with E-state index in [4.69, 9.17) is 10.5 Å². The van der Waals surface area contributed by atoms with Crippen molar-refractivity contribution < 1.29 is 4.74 Å². The van der Waals surface area contributed by atoms with Gasteiger partial charge in [-0.15, -0.1) is 0 Å². The van der Waals surface area contributed by atoms with E-state index in [2.05, 4.69) is 42.0 Å². The molecule has 3 aromatic rings. The summed E-state index contributed by atoms with van der Waals surface area (Å²) in [5, 5.41) is 1.34. The van der Waals surface area contributed by atoms with Crippen LogP contribution in [-0.4, -0.2) is 23.6 Å². The van der Waals surface area contributed by atoms with E-state index in [1.807, 2.05) is 12.3 Å². The van der Waals surface area contributed by atoms with Gasteiger partial charge in [0.05, 0.1) is 12.8 Å². The van der Waals surface area contributed by atoms with Crippen LogP contribution in [0, 0.1) is 13.8 Å². The zero-order valence-corrected chi connectivity index (χ0v) is 14.6. The lowest BCUT2D eigenvalue weighted by atomic mass is 9.97. The Morgan fingerprint density at radius 1 is 1.17 bits per heavy atom. The zero-order chi connectivity index (χ0) is 17.1. The molecule has 0 unspecified atom stereocenters. The third kappa shape index (κ3) is 3.15. The normalized spacial score (nSPS) is 11.2. The van der Waals surface area contributed by atoms with Crippen molar-refractivity contribution in [2.24, 2.45) is 5.73 Å². The number of nitrogens with zero attached hydrogens (tertiary/aromatic N) is 1. The first-order valence-electron chi connectivity index (χ1n) is 8.46. The number of pyridine rings is 1. The van der Waals surface area contributed by atoms with Crippen LogP contribution in [0.15, 0.2) is 30.5 Å². The molecule has 0 aliphatic rings. The summed E-state index contributed by atoms with van der Waals surface area (Å²) in [5.41, 5.74) is 13.1. The number of nitrogens with one attached hydrogen (secondary N) is 1. The van der Waals surface area contributed by atoms with Crippen molar-refractivity contribution in [3.05, 3.63) is 47.2 Å². The molecule has 0 aliphatic heterocycles. The van der Waals surface area contributed by atoms with Gasteiger partial charge in [0.15, 0.2) is 0 Å². The van der Waals surface area contributed by atoms with Crippen molar-refractivity contribution in [3.8, 4) is 17.1 Å². The van der Waals surface area contributed by atoms with Gasteiger partial charge in [0.2, 0.25) is 5.88 Å². The number of unbranched alkanes of at least 4 members (excludes halogenated alkanes) is 1. The number of ether oxygens (including phenoxy) is 1. The molecule has 0 saturated heterocycles. The number of nitrogens with two attached hydrogens (primary N) is 1. The van der Waals surface area contributed by atoms with E-state index in [0.29, 0.717) is 5.88 Å². The fourth-order valence-electron chi connectivity index (χ4n) is 3.39. The summed E-state index contributed by atoms with van der Waals surface area (Å²) >= 11 is 0. The highest BCUT2D eigenvalue weighted by atomic mass is 16.5. The highest BCUT2D eigenvalue weighted by molar-refractivity contribution is 5.93. The van der Waals surface area contributed by atoms with Gasteiger partial charge in [0.1, 0.15) is 0 Å². The summed E-state index contributed by atoms with van der Waals surface area (Å²) in [6.45, 7) is 5.06. The van der Waals surface area contributed by atoms with Crippen LogP contribution >= 0.6 is 0 Å². The van der Waals surface area contributed by atoms with Crippen molar-refractivity contribution in [1.82, 2.24) is 9.97 Å². The van der Waals surface area contributed by atoms with Crippen molar-refractivity contribution in [2.45, 2.75) is 33.1 Å². The van der Waals surface area contributed by atoms with Crippen LogP contribution in [0.3, 0.4) is 0 Å². The average molecular weight is 323 g/mol. The number of methoxy groups -OCH3 is 1. The van der Waals surface area contributed by atoms with Gasteiger partial charge in [0.25, 0.3) is 0 Å². The summed E-state index contributed by atoms with van der Waals surface area (Å²) in [5.74, 6) is 0.631. The minimum Gasteiger partial charge on any atom is -0.481 e. The first kappa shape index (κ1) is 16.5. The maximum absolute atomic E-state index is 5.68. The smallest absolute Gasteiger partial charge is 0.212 e. The Morgan fingerprint density at radius 2 is 2.00 bits per heavy atom. The zero-order valence-electron chi connectivity index (χ0n) is 14.6. The minimum absolute atomic E-state index is 0.631. The summed E-state index contributed by atoms with van der Waals surface area (Å²) in [6, 6.07) is 8.43. The highest BCUT2D eigenvalue weighted by Gasteiger charge is 2.15. The molecular formula is C20H25N3O. The topological polar surface area (TPSA) is 63.9 Å². The van der Waals surface area contributed by atoms with Gasteiger partial charge < -0.3 is 15.5 Å². The number of hydrogen-bond donors (Lipinski definition) is 2. The molecule has 126 valence electrons. The first-order valence-corrected chi connectivity index (χ1v) is 8.46. The largest absolute Gasteiger partial charge is 0.481 e. The predicted octanol–water partition coefficient (Wildman–Crippen LogP) is 4.14. The molecule has 0 amide bonds. The molecule has 3 rings (SSSR count). The number of aromatic nitrogens is 2. The lowest BCUT2D eigenvalue weighted by Gasteiger charge is -2.07. The quantitative estimate of drug-likeness (QED) is 0.670. The third-order valence-electron chi connectivity index (χ3n) is 4.46. The molecule has 0 fully saturated rings. The van der Waals surface area contributed by atoms with Crippen LogP contribution in [0.5, 0.6) is 5.88 Å². The van der Waals surface area contributed by atoms with Gasteiger partial charge in [-0.25, -0.2) is 4.98 Å². The first-order chi connectivity index (χ1) is 11.6. The number of fused-ring (bicyclic) bond motifs is 1. The molecule has 2 aromatic heterocycles. The summed E-state index contributed by atoms with van der Waals surface area (Å²) in [4.78, 5) is 7.97. The monoisotopic (exact) mass is 323 g/mol. The van der Waals surface area contributed by atoms with Crippen molar-refractivity contribution in [3.63, 3.8) is 0 Å². The van der Waals surface area contributed by atoms with E-state index in [1.165, 1.54) is 27.6 Å². The second-order valence-corrected chi connectivity index (χ2v) is 6.32. The van der Waals surface area contributed by atoms with Gasteiger partial charge >= 0.3 is 0 Å². The molecule has 2 heterocycles.